The molecule has 2 heterocycles. The molecular weight excluding hydrogens is 311 g/mol. The fourth-order valence-electron chi connectivity index (χ4n) is 2.62. The molecule has 1 aromatic heterocycles. The van der Waals surface area contributed by atoms with E-state index in [2.05, 4.69) is 10.1 Å². The second kappa shape index (κ2) is 6.29. The Labute approximate surface area is 131 Å². The number of alkyl halides is 3. The number of benzene rings is 1. The lowest BCUT2D eigenvalue weighted by Crippen LogP contribution is -2.38. The number of hydrogen-bond donors (Lipinski definition) is 0. The highest BCUT2D eigenvalue weighted by Gasteiger charge is 2.34. The van der Waals surface area contributed by atoms with E-state index < -0.39 is 11.7 Å². The maximum atomic E-state index is 13.1. The molecule has 0 bridgehead atoms. The van der Waals surface area contributed by atoms with Gasteiger partial charge in [0.2, 0.25) is 11.7 Å². The fourth-order valence-corrected chi connectivity index (χ4v) is 2.62. The van der Waals surface area contributed by atoms with Crippen LogP contribution in [0.5, 0.6) is 0 Å². The average Bonchev–Trinajstić information content (AvgIpc) is 2.94. The molecule has 1 fully saturated rings. The summed E-state index contributed by atoms with van der Waals surface area (Å²) in [6.07, 6.45) is -4.74. The van der Waals surface area contributed by atoms with E-state index in [1.54, 1.807) is 13.0 Å². The molecule has 0 radical (unpaired) electrons. The van der Waals surface area contributed by atoms with E-state index in [0.717, 1.165) is 6.07 Å². The van der Waals surface area contributed by atoms with Gasteiger partial charge in [0, 0.05) is 26.6 Å². The van der Waals surface area contributed by atoms with Crippen LogP contribution in [0.4, 0.5) is 13.2 Å². The third-order valence-electron chi connectivity index (χ3n) is 3.70. The van der Waals surface area contributed by atoms with Crippen molar-refractivity contribution >= 4 is 0 Å². The second-order valence-corrected chi connectivity index (χ2v) is 5.42. The van der Waals surface area contributed by atoms with Gasteiger partial charge in [-0.25, -0.2) is 0 Å². The van der Waals surface area contributed by atoms with Crippen LogP contribution < -0.4 is 0 Å². The first-order valence-corrected chi connectivity index (χ1v) is 7.23. The van der Waals surface area contributed by atoms with E-state index >= 15 is 0 Å². The number of ether oxygens (including phenoxy) is 1. The number of morpholine rings is 1. The number of nitrogens with zero attached hydrogens (tertiary/aromatic N) is 3. The van der Waals surface area contributed by atoms with Crippen molar-refractivity contribution in [2.45, 2.75) is 25.7 Å². The summed E-state index contributed by atoms with van der Waals surface area (Å²) in [4.78, 5) is 6.03. The molecule has 3 rings (SSSR count). The smallest absolute Gasteiger partial charge is 0.367 e. The normalized spacial score (nSPS) is 19.9. The summed E-state index contributed by atoms with van der Waals surface area (Å²) in [6.45, 7) is 3.26. The molecule has 2 aromatic rings. The highest BCUT2D eigenvalue weighted by atomic mass is 19.4. The minimum atomic E-state index is -4.35. The van der Waals surface area contributed by atoms with Gasteiger partial charge in [0.05, 0.1) is 12.2 Å². The molecule has 1 unspecified atom stereocenters. The number of aryl methyl sites for hydroxylation is 1. The molecule has 23 heavy (non-hydrogen) atoms. The van der Waals surface area contributed by atoms with Gasteiger partial charge in [0.1, 0.15) is 6.10 Å². The quantitative estimate of drug-likeness (QED) is 0.867. The van der Waals surface area contributed by atoms with Crippen LogP contribution in [0.2, 0.25) is 0 Å². The van der Waals surface area contributed by atoms with Gasteiger partial charge in [-0.1, -0.05) is 23.4 Å². The van der Waals surface area contributed by atoms with Gasteiger partial charge in [0.25, 0.3) is 0 Å². The molecule has 0 spiro atoms. The monoisotopic (exact) mass is 327 g/mol. The topological polar surface area (TPSA) is 51.4 Å². The SMILES string of the molecule is Cc1nc(C2CN(Cc3ccccc3C(F)(F)F)CCO2)no1. The van der Waals surface area contributed by atoms with Gasteiger partial charge in [-0.05, 0) is 11.6 Å². The molecule has 0 amide bonds. The van der Waals surface area contributed by atoms with Crippen molar-refractivity contribution in [1.29, 1.82) is 0 Å². The zero-order chi connectivity index (χ0) is 16.4. The van der Waals surface area contributed by atoms with Gasteiger partial charge in [-0.3, -0.25) is 4.90 Å². The van der Waals surface area contributed by atoms with Crippen LogP contribution in [0, 0.1) is 6.92 Å². The van der Waals surface area contributed by atoms with Crippen LogP contribution in [0.15, 0.2) is 28.8 Å². The maximum Gasteiger partial charge on any atom is 0.416 e. The maximum absolute atomic E-state index is 13.1. The summed E-state index contributed by atoms with van der Waals surface area (Å²) in [5, 5.41) is 3.82. The largest absolute Gasteiger partial charge is 0.416 e. The summed E-state index contributed by atoms with van der Waals surface area (Å²) < 4.78 is 49.7. The zero-order valence-corrected chi connectivity index (χ0v) is 12.5. The third-order valence-corrected chi connectivity index (χ3v) is 3.70. The van der Waals surface area contributed by atoms with E-state index in [0.29, 0.717) is 31.4 Å². The molecule has 8 heteroatoms. The minimum Gasteiger partial charge on any atom is -0.367 e. The summed E-state index contributed by atoms with van der Waals surface area (Å²) >= 11 is 0. The lowest BCUT2D eigenvalue weighted by Gasteiger charge is -2.32. The van der Waals surface area contributed by atoms with Crippen LogP contribution in [0.1, 0.15) is 28.9 Å². The Bertz CT molecular complexity index is 672. The molecular formula is C15H16F3N3O2. The van der Waals surface area contributed by atoms with Crippen LogP contribution in [0.25, 0.3) is 0 Å². The Balaban J connectivity index is 1.73. The first kappa shape index (κ1) is 15.9. The predicted octanol–water partition coefficient (Wildman–Crippen LogP) is 2.97. The third kappa shape index (κ3) is 3.70. The van der Waals surface area contributed by atoms with Crippen molar-refractivity contribution < 1.29 is 22.4 Å². The zero-order valence-electron chi connectivity index (χ0n) is 12.5. The molecule has 1 aliphatic rings. The predicted molar refractivity (Wildman–Crippen MR) is 74.4 cm³/mol. The Morgan fingerprint density at radius 2 is 2.09 bits per heavy atom. The van der Waals surface area contributed by atoms with Crippen molar-refractivity contribution in [3.8, 4) is 0 Å². The number of halogens is 3. The Morgan fingerprint density at radius 3 is 2.78 bits per heavy atom. The molecule has 1 aromatic carbocycles. The van der Waals surface area contributed by atoms with Gasteiger partial charge in [-0.15, -0.1) is 0 Å². The lowest BCUT2D eigenvalue weighted by molar-refractivity contribution is -0.138. The van der Waals surface area contributed by atoms with Gasteiger partial charge in [0.15, 0.2) is 0 Å². The molecule has 5 nitrogen and oxygen atoms in total. The molecule has 0 N–H and O–H groups in total. The van der Waals surface area contributed by atoms with Crippen molar-refractivity contribution in [2.75, 3.05) is 19.7 Å². The number of hydrogen-bond acceptors (Lipinski definition) is 5. The van der Waals surface area contributed by atoms with Gasteiger partial charge < -0.3 is 9.26 Å². The highest BCUT2D eigenvalue weighted by molar-refractivity contribution is 5.29. The van der Waals surface area contributed by atoms with Crippen molar-refractivity contribution in [2.24, 2.45) is 0 Å². The summed E-state index contributed by atoms with van der Waals surface area (Å²) in [6, 6.07) is 5.63. The molecule has 1 atom stereocenters. The van der Waals surface area contributed by atoms with Gasteiger partial charge in [-0.2, -0.15) is 18.2 Å². The summed E-state index contributed by atoms with van der Waals surface area (Å²) in [5.74, 6) is 0.861. The minimum absolute atomic E-state index is 0.201. The molecule has 124 valence electrons. The molecule has 0 aliphatic carbocycles. The fraction of sp³-hybridized carbons (Fsp3) is 0.467. The van der Waals surface area contributed by atoms with Crippen LogP contribution in [-0.4, -0.2) is 34.7 Å². The first-order chi connectivity index (χ1) is 10.9. The van der Waals surface area contributed by atoms with Crippen molar-refractivity contribution in [1.82, 2.24) is 15.0 Å². The highest BCUT2D eigenvalue weighted by Crippen LogP contribution is 2.33. The number of aromatic nitrogens is 2. The molecule has 0 saturated carbocycles. The van der Waals surface area contributed by atoms with E-state index in [9.17, 15) is 13.2 Å². The van der Waals surface area contributed by atoms with Crippen molar-refractivity contribution in [3.05, 3.63) is 47.1 Å². The summed E-state index contributed by atoms with van der Waals surface area (Å²) in [5.41, 5.74) is -0.344. The molecule has 1 aliphatic heterocycles. The van der Waals surface area contributed by atoms with Crippen molar-refractivity contribution in [3.63, 3.8) is 0 Å². The number of rotatable bonds is 3. The second-order valence-electron chi connectivity index (χ2n) is 5.42. The van der Waals surface area contributed by atoms with E-state index in [1.165, 1.54) is 12.1 Å². The van der Waals surface area contributed by atoms with Crippen LogP contribution in [0.3, 0.4) is 0 Å². The van der Waals surface area contributed by atoms with Crippen LogP contribution >= 0.6 is 0 Å². The lowest BCUT2D eigenvalue weighted by atomic mass is 10.1. The van der Waals surface area contributed by atoms with Gasteiger partial charge >= 0.3 is 6.18 Å². The Kier molecular flexibility index (Phi) is 4.36. The Morgan fingerprint density at radius 1 is 1.30 bits per heavy atom. The summed E-state index contributed by atoms with van der Waals surface area (Å²) in [7, 11) is 0. The average molecular weight is 327 g/mol. The van der Waals surface area contributed by atoms with Crippen LogP contribution in [-0.2, 0) is 17.5 Å². The standard InChI is InChI=1S/C15H16F3N3O2/c1-10-19-14(20-23-10)13-9-21(6-7-22-13)8-11-4-2-3-5-12(11)15(16,17)18/h2-5,13H,6-9H2,1H3. The van der Waals surface area contributed by atoms with E-state index in [-0.39, 0.29) is 18.2 Å². The Hall–Kier alpha value is -1.93. The van der Waals surface area contributed by atoms with E-state index in [4.69, 9.17) is 9.26 Å². The first-order valence-electron chi connectivity index (χ1n) is 7.23. The molecule has 1 saturated heterocycles. The van der Waals surface area contributed by atoms with E-state index in [1.807, 2.05) is 4.90 Å².